The quantitative estimate of drug-likeness (QED) is 0.203. The highest BCUT2D eigenvalue weighted by atomic mass is 35.5. The monoisotopic (exact) mass is 512 g/mol. The van der Waals surface area contributed by atoms with Gasteiger partial charge in [-0.25, -0.2) is 10.4 Å². The third kappa shape index (κ3) is 6.30. The smallest absolute Gasteiger partial charge is 0.278 e. The van der Waals surface area contributed by atoms with Crippen molar-refractivity contribution in [3.05, 3.63) is 105 Å². The zero-order valence-electron chi connectivity index (χ0n) is 19.0. The number of benzene rings is 2. The predicted molar refractivity (Wildman–Crippen MR) is 137 cm³/mol. The summed E-state index contributed by atoms with van der Waals surface area (Å²) in [4.78, 5) is 31.1. The van der Waals surface area contributed by atoms with E-state index in [-0.39, 0.29) is 17.1 Å². The molecule has 1 amide bonds. The molecule has 0 atom stereocenters. The highest BCUT2D eigenvalue weighted by Gasteiger charge is 2.18. The molecule has 0 saturated carbocycles. The van der Waals surface area contributed by atoms with Gasteiger partial charge in [0.05, 0.1) is 16.8 Å². The minimum Gasteiger partial charge on any atom is -0.467 e. The first-order valence-corrected chi connectivity index (χ1v) is 11.1. The molecule has 0 aliphatic heterocycles. The normalized spacial score (nSPS) is 10.6. The number of amides is 1. The summed E-state index contributed by atoms with van der Waals surface area (Å²) in [5.74, 6) is -0.619. The van der Waals surface area contributed by atoms with Crippen LogP contribution in [0.25, 0.3) is 22.4 Å². The molecule has 182 valence electrons. The number of non-ortho nitro benzene ring substituents is 1. The van der Waals surface area contributed by atoms with Gasteiger partial charge in [-0.1, -0.05) is 29.8 Å². The second kappa shape index (κ2) is 11.5. The van der Waals surface area contributed by atoms with Gasteiger partial charge in [0.25, 0.3) is 11.6 Å². The fourth-order valence-corrected chi connectivity index (χ4v) is 3.41. The van der Waals surface area contributed by atoms with Crippen molar-refractivity contribution in [2.24, 2.45) is 5.10 Å². The summed E-state index contributed by atoms with van der Waals surface area (Å²) in [6.07, 6.45) is 4.57. The van der Waals surface area contributed by atoms with Gasteiger partial charge in [-0.2, -0.15) is 10.4 Å². The summed E-state index contributed by atoms with van der Waals surface area (Å²) in [6, 6.07) is 20.1. The number of nitrogens with zero attached hydrogens (tertiary/aromatic N) is 5. The third-order valence-electron chi connectivity index (χ3n) is 5.06. The van der Waals surface area contributed by atoms with Gasteiger partial charge in [0.1, 0.15) is 11.6 Å². The fraction of sp³-hybridized carbons (Fsp3) is 0.0385. The molecule has 1 N–H and O–H groups in total. The van der Waals surface area contributed by atoms with E-state index >= 15 is 0 Å². The Kier molecular flexibility index (Phi) is 7.78. The number of nitro groups is 1. The van der Waals surface area contributed by atoms with Crippen LogP contribution in [0.4, 0.5) is 5.69 Å². The molecule has 37 heavy (non-hydrogen) atoms. The van der Waals surface area contributed by atoms with Crippen LogP contribution in [-0.2, 0) is 4.79 Å². The molecule has 11 heteroatoms. The second-order valence-electron chi connectivity index (χ2n) is 7.53. The minimum absolute atomic E-state index is 0.0247. The number of hydrazone groups is 1. The Morgan fingerprint density at radius 3 is 2.57 bits per heavy atom. The number of nitriles is 1. The van der Waals surface area contributed by atoms with Crippen molar-refractivity contribution in [2.45, 2.75) is 0 Å². The molecule has 0 radical (unpaired) electrons. The Balaban J connectivity index is 1.54. The van der Waals surface area contributed by atoms with Gasteiger partial charge in [0, 0.05) is 46.2 Å². The number of ether oxygens (including phenoxy) is 1. The maximum absolute atomic E-state index is 12.3. The van der Waals surface area contributed by atoms with Crippen LogP contribution in [0, 0.1) is 21.4 Å². The summed E-state index contributed by atoms with van der Waals surface area (Å²) < 4.78 is 5.64. The summed E-state index contributed by atoms with van der Waals surface area (Å²) in [7, 11) is 0. The van der Waals surface area contributed by atoms with Crippen molar-refractivity contribution in [3.8, 4) is 34.3 Å². The van der Waals surface area contributed by atoms with E-state index < -0.39 is 17.4 Å². The van der Waals surface area contributed by atoms with Gasteiger partial charge >= 0.3 is 0 Å². The number of hydrogen-bond donors (Lipinski definition) is 1. The molecule has 2 aromatic carbocycles. The number of pyridine rings is 2. The van der Waals surface area contributed by atoms with Crippen LogP contribution in [-0.4, -0.2) is 33.6 Å². The van der Waals surface area contributed by atoms with Crippen molar-refractivity contribution in [1.29, 1.82) is 5.26 Å². The molecule has 0 aliphatic rings. The molecule has 0 bridgehead atoms. The van der Waals surface area contributed by atoms with Gasteiger partial charge < -0.3 is 4.74 Å². The number of nitro benzene ring substituents is 1. The highest BCUT2D eigenvalue weighted by molar-refractivity contribution is 6.30. The Morgan fingerprint density at radius 1 is 1.16 bits per heavy atom. The molecule has 0 aliphatic carbocycles. The van der Waals surface area contributed by atoms with E-state index in [9.17, 15) is 20.2 Å². The molecule has 0 saturated heterocycles. The molecule has 4 aromatic rings. The topological polar surface area (TPSA) is 143 Å². The number of halogens is 1. The average molecular weight is 513 g/mol. The van der Waals surface area contributed by atoms with E-state index in [0.717, 1.165) is 5.56 Å². The summed E-state index contributed by atoms with van der Waals surface area (Å²) in [6.45, 7) is -0.462. The first-order chi connectivity index (χ1) is 17.9. The molecular formula is C26H17ClN6O4. The lowest BCUT2D eigenvalue weighted by atomic mass is 10.00. The van der Waals surface area contributed by atoms with Gasteiger partial charge in [-0.05, 0) is 42.0 Å². The standard InChI is InChI=1S/C26H17ClN6O4/c27-20-7-5-18(6-8-20)24-12-22(19-2-1-11-29-15-19)23(13-28)26(31-24)37-16-25(34)32-30-14-17-3-9-21(10-4-17)33(35)36/h1-12,14-15H,16H2,(H,32,34)/b30-14+. The van der Waals surface area contributed by atoms with E-state index in [1.165, 1.54) is 30.5 Å². The van der Waals surface area contributed by atoms with Gasteiger partial charge in [-0.3, -0.25) is 19.9 Å². The lowest BCUT2D eigenvalue weighted by Gasteiger charge is -2.13. The van der Waals surface area contributed by atoms with Crippen LogP contribution in [0.2, 0.25) is 5.02 Å². The number of aromatic nitrogens is 2. The van der Waals surface area contributed by atoms with Gasteiger partial charge in [0.2, 0.25) is 5.88 Å². The first-order valence-electron chi connectivity index (χ1n) is 10.8. The van der Waals surface area contributed by atoms with E-state index in [1.807, 2.05) is 0 Å². The van der Waals surface area contributed by atoms with Crippen molar-refractivity contribution in [1.82, 2.24) is 15.4 Å². The van der Waals surface area contributed by atoms with Gasteiger partial charge in [0.15, 0.2) is 6.61 Å². The number of rotatable bonds is 8. The Labute approximate surface area is 216 Å². The first kappa shape index (κ1) is 25.0. The number of hydrogen-bond acceptors (Lipinski definition) is 8. The molecule has 0 spiro atoms. The molecule has 0 unspecified atom stereocenters. The number of carbonyl (C=O) groups excluding carboxylic acids is 1. The summed E-state index contributed by atoms with van der Waals surface area (Å²) in [5.41, 5.74) is 5.43. The lowest BCUT2D eigenvalue weighted by Crippen LogP contribution is -2.25. The van der Waals surface area contributed by atoms with Crippen molar-refractivity contribution >= 4 is 29.4 Å². The Morgan fingerprint density at radius 2 is 1.92 bits per heavy atom. The molecular weight excluding hydrogens is 496 g/mol. The lowest BCUT2D eigenvalue weighted by molar-refractivity contribution is -0.384. The van der Waals surface area contributed by atoms with Gasteiger partial charge in [-0.15, -0.1) is 0 Å². The summed E-state index contributed by atoms with van der Waals surface area (Å²) in [5, 5.41) is 25.0. The summed E-state index contributed by atoms with van der Waals surface area (Å²) >= 11 is 6.01. The van der Waals surface area contributed by atoms with E-state index in [2.05, 4.69) is 26.6 Å². The van der Waals surface area contributed by atoms with Crippen LogP contribution >= 0.6 is 11.6 Å². The van der Waals surface area contributed by atoms with Crippen molar-refractivity contribution < 1.29 is 14.5 Å². The number of nitrogens with one attached hydrogen (secondary N) is 1. The van der Waals surface area contributed by atoms with E-state index in [0.29, 0.717) is 27.4 Å². The van der Waals surface area contributed by atoms with Crippen LogP contribution in [0.15, 0.2) is 84.2 Å². The van der Waals surface area contributed by atoms with E-state index in [1.54, 1.807) is 54.9 Å². The largest absolute Gasteiger partial charge is 0.467 e. The fourth-order valence-electron chi connectivity index (χ4n) is 3.28. The Bertz CT molecular complexity index is 1500. The maximum Gasteiger partial charge on any atom is 0.278 e. The minimum atomic E-state index is -0.594. The molecule has 10 nitrogen and oxygen atoms in total. The molecule has 2 aromatic heterocycles. The highest BCUT2D eigenvalue weighted by Crippen LogP contribution is 2.33. The number of carbonyl (C=O) groups is 1. The predicted octanol–water partition coefficient (Wildman–Crippen LogP) is 4.77. The van der Waals surface area contributed by atoms with Crippen molar-refractivity contribution in [2.75, 3.05) is 6.61 Å². The van der Waals surface area contributed by atoms with Crippen LogP contribution in [0.3, 0.4) is 0 Å². The SMILES string of the molecule is N#Cc1c(-c2cccnc2)cc(-c2ccc(Cl)cc2)nc1OCC(=O)N/N=C/c1ccc([N+](=O)[O-])cc1. The van der Waals surface area contributed by atoms with Crippen LogP contribution < -0.4 is 10.2 Å². The maximum atomic E-state index is 12.3. The zero-order valence-corrected chi connectivity index (χ0v) is 19.8. The van der Waals surface area contributed by atoms with Crippen molar-refractivity contribution in [3.63, 3.8) is 0 Å². The second-order valence-corrected chi connectivity index (χ2v) is 7.96. The molecule has 0 fully saturated rings. The Hall–Kier alpha value is -5.14. The van der Waals surface area contributed by atoms with Crippen LogP contribution in [0.1, 0.15) is 11.1 Å². The third-order valence-corrected chi connectivity index (χ3v) is 5.31. The molecule has 4 rings (SSSR count). The zero-order chi connectivity index (χ0) is 26.2. The van der Waals surface area contributed by atoms with E-state index in [4.69, 9.17) is 16.3 Å². The molecule has 2 heterocycles. The average Bonchev–Trinajstić information content (AvgIpc) is 2.92. The van der Waals surface area contributed by atoms with Crippen LogP contribution in [0.5, 0.6) is 5.88 Å².